The monoisotopic (exact) mass is 234 g/mol. The topological polar surface area (TPSA) is 33.1 Å². The van der Waals surface area contributed by atoms with Crippen LogP contribution >= 0.6 is 0 Å². The summed E-state index contributed by atoms with van der Waals surface area (Å²) in [4.78, 5) is 6.71. The summed E-state index contributed by atoms with van der Waals surface area (Å²) in [7, 11) is 2.21. The quantitative estimate of drug-likeness (QED) is 0.828. The fraction of sp³-hybridized carbons (Fsp3) is 0.769. The Morgan fingerprint density at radius 1 is 1.41 bits per heavy atom. The highest BCUT2D eigenvalue weighted by Crippen LogP contribution is 2.20. The molecule has 0 spiro atoms. The largest absolute Gasteiger partial charge is 0.333 e. The van der Waals surface area contributed by atoms with Gasteiger partial charge in [-0.1, -0.05) is 0 Å². The second-order valence-corrected chi connectivity index (χ2v) is 5.61. The van der Waals surface area contributed by atoms with Crippen LogP contribution in [0.15, 0.2) is 12.5 Å². The molecular formula is C13H22N4. The Morgan fingerprint density at radius 3 is 3.00 bits per heavy atom. The van der Waals surface area contributed by atoms with Gasteiger partial charge in [-0.25, -0.2) is 4.98 Å². The normalized spacial score (nSPS) is 25.6. The van der Waals surface area contributed by atoms with E-state index in [0.29, 0.717) is 0 Å². The second kappa shape index (κ2) is 4.78. The molecule has 4 nitrogen and oxygen atoms in total. The maximum Gasteiger partial charge on any atom is 0.0948 e. The van der Waals surface area contributed by atoms with Crippen molar-refractivity contribution in [2.75, 3.05) is 20.1 Å². The Morgan fingerprint density at radius 2 is 2.29 bits per heavy atom. The molecule has 17 heavy (non-hydrogen) atoms. The van der Waals surface area contributed by atoms with Crippen molar-refractivity contribution < 1.29 is 0 Å². The van der Waals surface area contributed by atoms with Crippen LogP contribution in [0.2, 0.25) is 0 Å². The molecule has 1 aliphatic heterocycles. The fourth-order valence-corrected chi connectivity index (χ4v) is 2.65. The van der Waals surface area contributed by atoms with Gasteiger partial charge in [-0.15, -0.1) is 0 Å². The zero-order chi connectivity index (χ0) is 11.7. The number of aromatic nitrogens is 2. The maximum absolute atomic E-state index is 4.29. The zero-order valence-corrected chi connectivity index (χ0v) is 10.6. The number of nitrogens with one attached hydrogen (secondary N) is 1. The van der Waals surface area contributed by atoms with Crippen LogP contribution < -0.4 is 5.32 Å². The van der Waals surface area contributed by atoms with Gasteiger partial charge in [0.25, 0.3) is 0 Å². The number of nitrogens with zero attached hydrogens (tertiary/aromatic N) is 3. The summed E-state index contributed by atoms with van der Waals surface area (Å²) in [5.41, 5.74) is 1.34. The van der Waals surface area contributed by atoms with Crippen molar-refractivity contribution in [3.05, 3.63) is 18.2 Å². The van der Waals surface area contributed by atoms with Crippen molar-refractivity contribution in [1.29, 1.82) is 0 Å². The first-order chi connectivity index (χ1) is 8.31. The second-order valence-electron chi connectivity index (χ2n) is 5.61. The summed E-state index contributed by atoms with van der Waals surface area (Å²) in [6, 6.07) is 0.774. The van der Waals surface area contributed by atoms with Gasteiger partial charge in [-0.05, 0) is 38.8 Å². The number of imidazole rings is 1. The lowest BCUT2D eigenvalue weighted by Crippen LogP contribution is -2.21. The van der Waals surface area contributed by atoms with Crippen molar-refractivity contribution >= 4 is 0 Å². The molecule has 1 N–H and O–H groups in total. The van der Waals surface area contributed by atoms with Crippen LogP contribution in [-0.4, -0.2) is 40.6 Å². The third-order valence-corrected chi connectivity index (χ3v) is 3.89. The van der Waals surface area contributed by atoms with Crippen LogP contribution in [0.1, 0.15) is 25.0 Å². The Labute approximate surface area is 103 Å². The molecule has 1 saturated carbocycles. The van der Waals surface area contributed by atoms with Gasteiger partial charge in [0, 0.05) is 31.9 Å². The predicted octanol–water partition coefficient (Wildman–Crippen LogP) is 1.09. The predicted molar refractivity (Wildman–Crippen MR) is 67.7 cm³/mol. The van der Waals surface area contributed by atoms with Gasteiger partial charge >= 0.3 is 0 Å². The van der Waals surface area contributed by atoms with Gasteiger partial charge in [0.1, 0.15) is 0 Å². The SMILES string of the molecule is CN1CCC(Cn2cncc2CNC2CC2)C1. The minimum Gasteiger partial charge on any atom is -0.333 e. The molecule has 94 valence electrons. The number of hydrogen-bond donors (Lipinski definition) is 1. The molecule has 0 bridgehead atoms. The zero-order valence-electron chi connectivity index (χ0n) is 10.6. The smallest absolute Gasteiger partial charge is 0.0948 e. The third-order valence-electron chi connectivity index (χ3n) is 3.89. The first-order valence-corrected chi connectivity index (χ1v) is 6.72. The summed E-state index contributed by atoms with van der Waals surface area (Å²) >= 11 is 0. The van der Waals surface area contributed by atoms with E-state index in [2.05, 4.69) is 26.8 Å². The van der Waals surface area contributed by atoms with Gasteiger partial charge in [0.05, 0.1) is 12.0 Å². The van der Waals surface area contributed by atoms with Gasteiger partial charge in [-0.3, -0.25) is 0 Å². The molecule has 0 radical (unpaired) electrons. The van der Waals surface area contributed by atoms with E-state index in [4.69, 9.17) is 0 Å². The Balaban J connectivity index is 1.56. The van der Waals surface area contributed by atoms with E-state index in [-0.39, 0.29) is 0 Å². The van der Waals surface area contributed by atoms with Crippen LogP contribution in [0.4, 0.5) is 0 Å². The number of hydrogen-bond acceptors (Lipinski definition) is 3. The van der Waals surface area contributed by atoms with Gasteiger partial charge in [0.15, 0.2) is 0 Å². The van der Waals surface area contributed by atoms with Gasteiger partial charge < -0.3 is 14.8 Å². The highest BCUT2D eigenvalue weighted by Gasteiger charge is 2.22. The first-order valence-electron chi connectivity index (χ1n) is 6.72. The third kappa shape index (κ3) is 2.87. The minimum absolute atomic E-state index is 0.774. The summed E-state index contributed by atoms with van der Waals surface area (Å²) < 4.78 is 2.33. The Hall–Kier alpha value is -0.870. The molecule has 1 unspecified atom stereocenters. The van der Waals surface area contributed by atoms with Crippen molar-refractivity contribution in [2.24, 2.45) is 5.92 Å². The lowest BCUT2D eigenvalue weighted by atomic mass is 10.1. The maximum atomic E-state index is 4.29. The van der Waals surface area contributed by atoms with Crippen molar-refractivity contribution in [2.45, 2.75) is 38.4 Å². The Bertz CT molecular complexity index is 369. The number of rotatable bonds is 5. The molecule has 1 aliphatic carbocycles. The lowest BCUT2D eigenvalue weighted by molar-refractivity contribution is 0.375. The summed E-state index contributed by atoms with van der Waals surface area (Å²) in [6.07, 6.45) is 8.02. The fourth-order valence-electron chi connectivity index (χ4n) is 2.65. The molecule has 1 atom stereocenters. The number of likely N-dealkylation sites (tertiary alicyclic amines) is 1. The highest BCUT2D eigenvalue weighted by molar-refractivity contribution is 5.00. The summed E-state index contributed by atoms with van der Waals surface area (Å²) in [5, 5.41) is 3.56. The van der Waals surface area contributed by atoms with E-state index in [1.807, 2.05) is 12.5 Å². The molecule has 3 rings (SSSR count). The van der Waals surface area contributed by atoms with E-state index in [9.17, 15) is 0 Å². The molecule has 2 aliphatic rings. The molecule has 1 saturated heterocycles. The van der Waals surface area contributed by atoms with Gasteiger partial charge in [-0.2, -0.15) is 0 Å². The van der Waals surface area contributed by atoms with Crippen molar-refractivity contribution in [3.63, 3.8) is 0 Å². The standard InChI is InChI=1S/C13H22N4/c1-16-5-4-11(8-16)9-17-10-14-6-13(17)7-15-12-2-3-12/h6,10-12,15H,2-5,7-9H2,1H3. The molecule has 2 heterocycles. The Kier molecular flexibility index (Phi) is 3.16. The molecule has 1 aromatic heterocycles. The summed E-state index contributed by atoms with van der Waals surface area (Å²) in [5.74, 6) is 0.800. The summed E-state index contributed by atoms with van der Waals surface area (Å²) in [6.45, 7) is 4.59. The van der Waals surface area contributed by atoms with E-state index < -0.39 is 0 Å². The van der Waals surface area contributed by atoms with E-state index in [1.165, 1.54) is 38.0 Å². The first kappa shape index (κ1) is 11.2. The van der Waals surface area contributed by atoms with E-state index in [1.54, 1.807) is 0 Å². The molecule has 2 fully saturated rings. The highest BCUT2D eigenvalue weighted by atomic mass is 15.1. The average molecular weight is 234 g/mol. The van der Waals surface area contributed by atoms with Crippen molar-refractivity contribution in [3.8, 4) is 0 Å². The lowest BCUT2D eigenvalue weighted by Gasteiger charge is -2.14. The van der Waals surface area contributed by atoms with E-state index in [0.717, 1.165) is 25.0 Å². The molecule has 1 aromatic rings. The van der Waals surface area contributed by atoms with E-state index >= 15 is 0 Å². The van der Waals surface area contributed by atoms with Crippen LogP contribution in [0.5, 0.6) is 0 Å². The molecular weight excluding hydrogens is 212 g/mol. The van der Waals surface area contributed by atoms with Crippen LogP contribution in [-0.2, 0) is 13.1 Å². The molecule has 0 amide bonds. The van der Waals surface area contributed by atoms with Crippen LogP contribution in [0, 0.1) is 5.92 Å². The minimum atomic E-state index is 0.774. The van der Waals surface area contributed by atoms with Crippen LogP contribution in [0.25, 0.3) is 0 Å². The van der Waals surface area contributed by atoms with Crippen LogP contribution in [0.3, 0.4) is 0 Å². The van der Waals surface area contributed by atoms with Crippen molar-refractivity contribution in [1.82, 2.24) is 19.8 Å². The molecule has 0 aromatic carbocycles. The van der Waals surface area contributed by atoms with Gasteiger partial charge in [0.2, 0.25) is 0 Å². The average Bonchev–Trinajstić information content (AvgIpc) is 2.90. The molecule has 4 heteroatoms.